The van der Waals surface area contributed by atoms with Crippen molar-refractivity contribution in [3.05, 3.63) is 70.3 Å². The topological polar surface area (TPSA) is 66.6 Å². The third-order valence-electron chi connectivity index (χ3n) is 2.56. The van der Waals surface area contributed by atoms with Crippen molar-refractivity contribution in [2.24, 2.45) is 0 Å². The Labute approximate surface area is 104 Å². The van der Waals surface area contributed by atoms with Gasteiger partial charge in [0.2, 0.25) is 0 Å². The van der Waals surface area contributed by atoms with Gasteiger partial charge in [-0.15, -0.1) is 0 Å². The number of nitro groups is 1. The van der Waals surface area contributed by atoms with Crippen LogP contribution in [0.5, 0.6) is 5.75 Å². The van der Waals surface area contributed by atoms with Crippen LogP contribution in [-0.2, 0) is 6.54 Å². The van der Waals surface area contributed by atoms with Crippen molar-refractivity contribution in [1.29, 1.82) is 0 Å². The Bertz CT molecular complexity index is 543. The Balaban J connectivity index is 2.28. The largest absolute Gasteiger partial charge is 0.508 e. The minimum absolute atomic E-state index is 0.0175. The Morgan fingerprint density at radius 1 is 1.06 bits per heavy atom. The van der Waals surface area contributed by atoms with Gasteiger partial charge in [0.05, 0.1) is 0 Å². The van der Waals surface area contributed by atoms with Crippen molar-refractivity contribution in [3.8, 4) is 5.75 Å². The van der Waals surface area contributed by atoms with Gasteiger partial charge < -0.3 is 5.11 Å². The zero-order valence-electron chi connectivity index (χ0n) is 9.56. The zero-order valence-corrected chi connectivity index (χ0v) is 9.56. The van der Waals surface area contributed by atoms with Gasteiger partial charge in [0.25, 0.3) is 0 Å². The molecule has 92 valence electrons. The minimum atomic E-state index is -0.484. The van der Waals surface area contributed by atoms with Crippen LogP contribution in [0.1, 0.15) is 5.56 Å². The fraction of sp³-hybridized carbons (Fsp3) is 0.0769. The molecular weight excluding hydrogens is 232 g/mol. The van der Waals surface area contributed by atoms with Gasteiger partial charge in [0.15, 0.2) is 5.03 Å². The summed E-state index contributed by atoms with van der Waals surface area (Å²) < 4.78 is 0. The van der Waals surface area contributed by atoms with Crippen LogP contribution in [0.4, 0.5) is 5.69 Å². The summed E-state index contributed by atoms with van der Waals surface area (Å²) in [5.41, 5.74) is 0.990. The molecule has 0 radical (unpaired) electrons. The molecule has 0 aliphatic heterocycles. The Hall–Kier alpha value is -2.56. The van der Waals surface area contributed by atoms with E-state index in [1.165, 1.54) is 6.07 Å². The highest BCUT2D eigenvalue weighted by Gasteiger charge is 2.18. The van der Waals surface area contributed by atoms with E-state index in [0.29, 0.717) is 11.3 Å². The predicted octanol–water partition coefficient (Wildman–Crippen LogP) is 2.59. The Morgan fingerprint density at radius 2 is 1.67 bits per heavy atom. The molecule has 1 N–H and O–H groups in total. The van der Waals surface area contributed by atoms with Crippen molar-refractivity contribution in [1.82, 2.24) is 0 Å². The summed E-state index contributed by atoms with van der Waals surface area (Å²) in [6.07, 6.45) is 0. The fourth-order valence-corrected chi connectivity index (χ4v) is 1.65. The zero-order chi connectivity index (χ0) is 13.0. The maximum atomic E-state index is 11.1. The van der Waals surface area contributed by atoms with Crippen molar-refractivity contribution in [2.75, 3.05) is 5.01 Å². The molecule has 5 nitrogen and oxygen atoms in total. The minimum Gasteiger partial charge on any atom is -0.508 e. The number of phenols is 1. The van der Waals surface area contributed by atoms with E-state index in [1.807, 2.05) is 0 Å². The van der Waals surface area contributed by atoms with E-state index in [1.54, 1.807) is 48.5 Å². The summed E-state index contributed by atoms with van der Waals surface area (Å²) in [7, 11) is 0. The first-order chi connectivity index (χ1) is 8.68. The molecule has 0 amide bonds. The van der Waals surface area contributed by atoms with Crippen LogP contribution in [-0.4, -0.2) is 10.1 Å². The SMILES string of the molecule is O=[N+]([O-])N(Cc1ccccc1O)c1ccccc1. The lowest BCUT2D eigenvalue weighted by atomic mass is 10.2. The van der Waals surface area contributed by atoms with Crippen molar-refractivity contribution in [3.63, 3.8) is 0 Å². The number of anilines is 1. The molecule has 0 fully saturated rings. The maximum absolute atomic E-state index is 11.1. The number of hydrogen-bond donors (Lipinski definition) is 1. The third kappa shape index (κ3) is 2.57. The van der Waals surface area contributed by atoms with Crippen LogP contribution in [0.3, 0.4) is 0 Å². The predicted molar refractivity (Wildman–Crippen MR) is 67.7 cm³/mol. The van der Waals surface area contributed by atoms with E-state index in [4.69, 9.17) is 0 Å². The maximum Gasteiger partial charge on any atom is 0.165 e. The molecule has 0 heterocycles. The van der Waals surface area contributed by atoms with Crippen LogP contribution in [0.2, 0.25) is 0 Å². The molecule has 2 rings (SSSR count). The molecule has 0 saturated carbocycles. The molecule has 2 aromatic rings. The van der Waals surface area contributed by atoms with Gasteiger partial charge in [0.1, 0.15) is 18.0 Å². The lowest BCUT2D eigenvalue weighted by molar-refractivity contribution is -0.496. The highest BCUT2D eigenvalue weighted by atomic mass is 16.7. The van der Waals surface area contributed by atoms with Gasteiger partial charge in [-0.3, -0.25) is 0 Å². The first-order valence-corrected chi connectivity index (χ1v) is 5.42. The molecule has 0 unspecified atom stereocenters. The van der Waals surface area contributed by atoms with Crippen LogP contribution in [0, 0.1) is 10.1 Å². The van der Waals surface area contributed by atoms with Gasteiger partial charge in [0, 0.05) is 5.56 Å². The third-order valence-corrected chi connectivity index (χ3v) is 2.56. The molecule has 0 saturated heterocycles. The number of benzene rings is 2. The summed E-state index contributed by atoms with van der Waals surface area (Å²) in [6.45, 7) is 0.0175. The monoisotopic (exact) mass is 244 g/mol. The molecule has 0 aromatic heterocycles. The number of hydrogen-bond acceptors (Lipinski definition) is 3. The van der Waals surface area contributed by atoms with E-state index in [-0.39, 0.29) is 12.3 Å². The number of nitrogens with zero attached hydrogens (tertiary/aromatic N) is 2. The second kappa shape index (κ2) is 5.18. The smallest absolute Gasteiger partial charge is 0.165 e. The van der Waals surface area contributed by atoms with Crippen molar-refractivity contribution >= 4 is 5.69 Å². The van der Waals surface area contributed by atoms with Crippen molar-refractivity contribution in [2.45, 2.75) is 6.54 Å². The molecular formula is C13H12N2O3. The molecule has 0 spiro atoms. The first-order valence-electron chi connectivity index (χ1n) is 5.42. The van der Waals surface area contributed by atoms with E-state index >= 15 is 0 Å². The summed E-state index contributed by atoms with van der Waals surface area (Å²) in [6, 6.07) is 15.2. The van der Waals surface area contributed by atoms with Crippen LogP contribution in [0.25, 0.3) is 0 Å². The second-order valence-electron chi connectivity index (χ2n) is 3.76. The van der Waals surface area contributed by atoms with Gasteiger partial charge in [-0.05, 0) is 18.2 Å². The molecule has 0 bridgehead atoms. The van der Waals surface area contributed by atoms with Gasteiger partial charge >= 0.3 is 0 Å². The number of hydrazine groups is 1. The molecule has 18 heavy (non-hydrogen) atoms. The van der Waals surface area contributed by atoms with Crippen LogP contribution < -0.4 is 5.01 Å². The molecule has 0 aliphatic carbocycles. The van der Waals surface area contributed by atoms with Gasteiger partial charge in [-0.2, -0.15) is 0 Å². The highest BCUT2D eigenvalue weighted by Crippen LogP contribution is 2.21. The molecule has 2 aromatic carbocycles. The summed E-state index contributed by atoms with van der Waals surface area (Å²) in [5, 5.41) is 21.2. The number of rotatable bonds is 4. The van der Waals surface area contributed by atoms with E-state index < -0.39 is 5.03 Å². The van der Waals surface area contributed by atoms with Crippen molar-refractivity contribution < 1.29 is 10.1 Å². The summed E-state index contributed by atoms with van der Waals surface area (Å²) in [4.78, 5) is 11.1. The molecule has 0 aliphatic rings. The number of para-hydroxylation sites is 2. The quantitative estimate of drug-likeness (QED) is 0.663. The Morgan fingerprint density at radius 3 is 2.28 bits per heavy atom. The molecule has 5 heteroatoms. The lowest BCUT2D eigenvalue weighted by Gasteiger charge is -2.14. The number of phenolic OH excluding ortho intramolecular Hbond substituents is 1. The second-order valence-corrected chi connectivity index (χ2v) is 3.76. The van der Waals surface area contributed by atoms with Crippen LogP contribution >= 0.6 is 0 Å². The number of aromatic hydroxyl groups is 1. The van der Waals surface area contributed by atoms with E-state index in [9.17, 15) is 15.2 Å². The molecule has 0 atom stereocenters. The lowest BCUT2D eigenvalue weighted by Crippen LogP contribution is -2.29. The Kier molecular flexibility index (Phi) is 3.43. The van der Waals surface area contributed by atoms with Gasteiger partial charge in [-0.1, -0.05) is 41.4 Å². The normalized spacial score (nSPS) is 10.0. The van der Waals surface area contributed by atoms with E-state index in [2.05, 4.69) is 0 Å². The van der Waals surface area contributed by atoms with Crippen LogP contribution in [0.15, 0.2) is 54.6 Å². The first kappa shape index (κ1) is 11.9. The summed E-state index contributed by atoms with van der Waals surface area (Å²) >= 11 is 0. The average Bonchev–Trinajstić information content (AvgIpc) is 2.38. The summed E-state index contributed by atoms with van der Waals surface area (Å²) in [5.74, 6) is 0.0558. The van der Waals surface area contributed by atoms with Gasteiger partial charge in [-0.25, -0.2) is 10.1 Å². The standard InChI is InChI=1S/C13H12N2O3/c16-13-9-5-4-6-11(13)10-14(15(17)18)12-7-2-1-3-8-12/h1-9,16H,10H2. The highest BCUT2D eigenvalue weighted by molar-refractivity contribution is 5.45. The fourth-order valence-electron chi connectivity index (χ4n) is 1.65. The van der Waals surface area contributed by atoms with E-state index in [0.717, 1.165) is 5.01 Å². The average molecular weight is 244 g/mol.